The Balaban J connectivity index is 1.43. The maximum Gasteiger partial charge on any atom is 0.407 e. The van der Waals surface area contributed by atoms with Crippen molar-refractivity contribution in [1.29, 1.82) is 0 Å². The highest BCUT2D eigenvalue weighted by atomic mass is 16.6. The number of aromatic nitrogens is 1. The Labute approximate surface area is 388 Å². The Morgan fingerprint density at radius 3 is 1.55 bits per heavy atom. The van der Waals surface area contributed by atoms with Gasteiger partial charge in [0.05, 0.1) is 29.0 Å². The third kappa shape index (κ3) is 14.0. The van der Waals surface area contributed by atoms with E-state index in [2.05, 4.69) is 31.6 Å². The molecule has 4 amide bonds. The number of anilines is 1. The third-order valence-corrected chi connectivity index (χ3v) is 10.8. The molecule has 0 saturated carbocycles. The summed E-state index contributed by atoms with van der Waals surface area (Å²) >= 11 is 0. The van der Waals surface area contributed by atoms with E-state index in [0.717, 1.165) is 33.2 Å². The third-order valence-electron chi connectivity index (χ3n) is 10.8. The van der Waals surface area contributed by atoms with Crippen LogP contribution in [0.3, 0.4) is 0 Å². The van der Waals surface area contributed by atoms with Crippen molar-refractivity contribution in [2.24, 2.45) is 5.92 Å². The molecule has 344 valence electrons. The lowest BCUT2D eigenvalue weighted by Gasteiger charge is -2.41. The number of pyridine rings is 1. The number of aryl methyl sites for hydroxylation is 1. The van der Waals surface area contributed by atoms with E-state index < -0.39 is 58.7 Å². The molecule has 0 radical (unpaired) electrons. The van der Waals surface area contributed by atoms with E-state index in [9.17, 15) is 14.4 Å². The second-order valence-corrected chi connectivity index (χ2v) is 18.4. The number of alkyl carbamates (subject to hydrolysis) is 2. The molecule has 0 bridgehead atoms. The lowest BCUT2D eigenvalue weighted by Crippen LogP contribution is -2.58. The quantitative estimate of drug-likeness (QED) is 0.0534. The van der Waals surface area contributed by atoms with Crippen LogP contribution in [0.4, 0.5) is 15.3 Å². The first kappa shape index (κ1) is 48.4. The van der Waals surface area contributed by atoms with Gasteiger partial charge in [0.15, 0.2) is 0 Å². The van der Waals surface area contributed by atoms with E-state index in [1.165, 1.54) is 0 Å². The molecule has 66 heavy (non-hydrogen) atoms. The van der Waals surface area contributed by atoms with Crippen molar-refractivity contribution in [3.05, 3.63) is 180 Å². The average Bonchev–Trinajstić information content (AvgIpc) is 3.29. The van der Waals surface area contributed by atoms with Crippen molar-refractivity contribution in [3.63, 3.8) is 0 Å². The SMILES string of the molecule is CC(C)(C)OC(=O)NCC(CNC(=O)OC(C)(C)C)C[C@H](NC(c1ccccc1)(c1ccccc1)c1ccccc1)C(=O)N[C@H](CCc1ccccc1)C(=O)Nc1cnc2ccccc2c1. The fourth-order valence-corrected chi connectivity index (χ4v) is 7.83. The van der Waals surface area contributed by atoms with Gasteiger partial charge in [0.2, 0.25) is 11.8 Å². The minimum absolute atomic E-state index is 0.0259. The number of fused-ring (bicyclic) bond motifs is 1. The number of carbonyl (C=O) groups is 4. The molecule has 5 N–H and O–H groups in total. The Bertz CT molecular complexity index is 2380. The smallest absolute Gasteiger partial charge is 0.407 e. The Morgan fingerprint density at radius 1 is 0.576 bits per heavy atom. The second kappa shape index (κ2) is 22.2. The molecule has 6 rings (SSSR count). The largest absolute Gasteiger partial charge is 0.444 e. The number of rotatable bonds is 18. The molecule has 1 heterocycles. The molecule has 0 saturated heterocycles. The zero-order valence-corrected chi connectivity index (χ0v) is 38.7. The number of hydrogen-bond acceptors (Lipinski definition) is 8. The van der Waals surface area contributed by atoms with E-state index in [-0.39, 0.29) is 25.9 Å². The highest BCUT2D eigenvalue weighted by molar-refractivity contribution is 5.99. The lowest BCUT2D eigenvalue weighted by molar-refractivity contribution is -0.128. The van der Waals surface area contributed by atoms with E-state index in [0.29, 0.717) is 12.1 Å². The molecule has 0 aliphatic heterocycles. The molecular formula is C54H62N6O6. The Kier molecular flexibility index (Phi) is 16.3. The van der Waals surface area contributed by atoms with Gasteiger partial charge in [-0.1, -0.05) is 140 Å². The van der Waals surface area contributed by atoms with Crippen LogP contribution in [0.25, 0.3) is 10.9 Å². The topological polar surface area (TPSA) is 160 Å². The first-order valence-electron chi connectivity index (χ1n) is 22.5. The van der Waals surface area contributed by atoms with Gasteiger partial charge in [0.25, 0.3) is 0 Å². The minimum atomic E-state index is -1.12. The highest BCUT2D eigenvalue weighted by Gasteiger charge is 2.41. The van der Waals surface area contributed by atoms with Crippen molar-refractivity contribution >= 4 is 40.6 Å². The maximum atomic E-state index is 15.5. The molecule has 0 aliphatic carbocycles. The van der Waals surface area contributed by atoms with E-state index >= 15 is 4.79 Å². The van der Waals surface area contributed by atoms with Gasteiger partial charge in [0, 0.05) is 18.5 Å². The normalized spacial score (nSPS) is 12.7. The predicted molar refractivity (Wildman–Crippen MR) is 260 cm³/mol. The number of hydrogen-bond donors (Lipinski definition) is 5. The van der Waals surface area contributed by atoms with Crippen molar-refractivity contribution in [2.75, 3.05) is 18.4 Å². The molecule has 2 atom stereocenters. The monoisotopic (exact) mass is 890 g/mol. The Hall–Kier alpha value is -7.05. The van der Waals surface area contributed by atoms with Crippen LogP contribution in [0.15, 0.2) is 158 Å². The molecule has 6 aromatic rings. The zero-order chi connectivity index (χ0) is 47.2. The van der Waals surface area contributed by atoms with Crippen LogP contribution in [0.1, 0.15) is 76.6 Å². The number of nitrogens with one attached hydrogen (secondary N) is 5. The minimum Gasteiger partial charge on any atom is -0.444 e. The fraction of sp³-hybridized carbons (Fsp3) is 0.315. The maximum absolute atomic E-state index is 15.5. The number of para-hydroxylation sites is 1. The summed E-state index contributed by atoms with van der Waals surface area (Å²) in [7, 11) is 0. The van der Waals surface area contributed by atoms with Gasteiger partial charge in [-0.2, -0.15) is 0 Å². The van der Waals surface area contributed by atoms with Gasteiger partial charge in [-0.05, 0) is 101 Å². The summed E-state index contributed by atoms with van der Waals surface area (Å²) in [5, 5.41) is 16.6. The summed E-state index contributed by atoms with van der Waals surface area (Å²) in [6.45, 7) is 10.7. The standard InChI is InChI=1S/C54H62N6O6/c1-52(2,3)65-50(63)56-35-39(36-57-51(64)66-53(4,5)6)33-47(60-54(41-24-13-8-14-25-41,42-26-15-9-16-27-42)43-28-17-10-18-29-43)49(62)59-46(32-31-38-21-11-7-12-22-38)48(61)58-44-34-40-23-19-20-30-45(40)55-37-44/h7-30,34,37,39,46-47,60H,31-33,35-36H2,1-6H3,(H,56,63)(H,57,64)(H,58,61)(H,59,62)/t46-,47+/m1/s1. The lowest BCUT2D eigenvalue weighted by atomic mass is 9.76. The van der Waals surface area contributed by atoms with Crippen LogP contribution in [0, 0.1) is 5.92 Å². The van der Waals surface area contributed by atoms with Crippen LogP contribution in [0.2, 0.25) is 0 Å². The van der Waals surface area contributed by atoms with Crippen LogP contribution < -0.4 is 26.6 Å². The van der Waals surface area contributed by atoms with Gasteiger partial charge >= 0.3 is 12.2 Å². The summed E-state index contributed by atoms with van der Waals surface area (Å²) < 4.78 is 11.2. The van der Waals surface area contributed by atoms with Crippen LogP contribution >= 0.6 is 0 Å². The predicted octanol–water partition coefficient (Wildman–Crippen LogP) is 9.30. The number of amides is 4. The van der Waals surface area contributed by atoms with Crippen molar-refractivity contribution in [1.82, 2.24) is 26.3 Å². The van der Waals surface area contributed by atoms with Crippen LogP contribution in [-0.2, 0) is 31.0 Å². The van der Waals surface area contributed by atoms with Crippen molar-refractivity contribution in [3.8, 4) is 0 Å². The van der Waals surface area contributed by atoms with E-state index in [4.69, 9.17) is 9.47 Å². The van der Waals surface area contributed by atoms with E-state index in [1.54, 1.807) is 47.7 Å². The average molecular weight is 891 g/mol. The number of benzene rings is 5. The summed E-state index contributed by atoms with van der Waals surface area (Å²) in [6, 6.07) is 46.9. The van der Waals surface area contributed by atoms with Crippen LogP contribution in [0.5, 0.6) is 0 Å². The van der Waals surface area contributed by atoms with Gasteiger partial charge in [-0.25, -0.2) is 9.59 Å². The molecule has 5 aromatic carbocycles. The van der Waals surface area contributed by atoms with Gasteiger partial charge in [0.1, 0.15) is 17.2 Å². The van der Waals surface area contributed by atoms with Crippen molar-refractivity contribution < 1.29 is 28.7 Å². The molecule has 0 unspecified atom stereocenters. The summed E-state index contributed by atoms with van der Waals surface area (Å²) in [5.41, 5.74) is 2.21. The fourth-order valence-electron chi connectivity index (χ4n) is 7.83. The number of ether oxygens (including phenoxy) is 2. The van der Waals surface area contributed by atoms with Gasteiger partial charge in [-0.15, -0.1) is 0 Å². The number of nitrogens with zero attached hydrogens (tertiary/aromatic N) is 1. The summed E-state index contributed by atoms with van der Waals surface area (Å²) in [5.74, 6) is -1.44. The van der Waals surface area contributed by atoms with E-state index in [1.807, 2.05) is 152 Å². The second-order valence-electron chi connectivity index (χ2n) is 18.4. The highest BCUT2D eigenvalue weighted by Crippen LogP contribution is 2.38. The zero-order valence-electron chi connectivity index (χ0n) is 38.7. The van der Waals surface area contributed by atoms with Crippen molar-refractivity contribution in [2.45, 2.75) is 89.6 Å². The first-order chi connectivity index (χ1) is 31.6. The molecule has 0 spiro atoms. The van der Waals surface area contributed by atoms with Gasteiger partial charge < -0.3 is 30.7 Å². The first-order valence-corrected chi connectivity index (χ1v) is 22.5. The molecule has 0 fully saturated rings. The van der Waals surface area contributed by atoms with Crippen LogP contribution in [-0.4, -0.2) is 65.4 Å². The molecule has 0 aliphatic rings. The molecule has 12 nitrogen and oxygen atoms in total. The summed E-state index contributed by atoms with van der Waals surface area (Å²) in [4.78, 5) is 60.8. The Morgan fingerprint density at radius 2 is 1.05 bits per heavy atom. The number of carbonyl (C=O) groups excluding carboxylic acids is 4. The molecule has 1 aromatic heterocycles. The summed E-state index contributed by atoms with van der Waals surface area (Å²) in [6.07, 6.45) is 1.16. The molecular weight excluding hydrogens is 829 g/mol. The van der Waals surface area contributed by atoms with Gasteiger partial charge in [-0.3, -0.25) is 19.9 Å². The molecule has 12 heteroatoms.